The number of benzene rings is 2. The van der Waals surface area contributed by atoms with Crippen molar-refractivity contribution < 1.29 is 14.0 Å². The second-order valence-corrected chi connectivity index (χ2v) is 7.61. The standard InChI is InChI=1S/C23H25FN4O2/c1-15(17-7-8-19(20(24)13-17)16-5-3-2-4-6-16)21-14-22(30-27-21)26-23(25)28-11-9-18(29)10-12-28/h2-8,13-15,18,29H,9-12H2,1H3,(H2,25,26). The van der Waals surface area contributed by atoms with Gasteiger partial charge in [-0.05, 0) is 30.0 Å². The Hall–Kier alpha value is -3.19. The van der Waals surface area contributed by atoms with Gasteiger partial charge in [0.05, 0.1) is 11.8 Å². The molecule has 4 rings (SSSR count). The van der Waals surface area contributed by atoms with E-state index in [9.17, 15) is 9.50 Å². The number of aromatic nitrogens is 1. The number of aliphatic imine (C=N–C) groups is 1. The Bertz CT molecular complexity index is 1030. The number of likely N-dealkylation sites (tertiary alicyclic amines) is 1. The van der Waals surface area contributed by atoms with Gasteiger partial charge in [-0.2, -0.15) is 4.99 Å². The minimum atomic E-state index is -0.277. The van der Waals surface area contributed by atoms with E-state index in [0.29, 0.717) is 49.0 Å². The SMILES string of the molecule is CC(c1ccc(-c2ccccc2)c(F)c1)c1cc(N=C(N)N2CCC(O)CC2)on1. The summed E-state index contributed by atoms with van der Waals surface area (Å²) in [4.78, 5) is 6.22. The Morgan fingerprint density at radius 3 is 2.63 bits per heavy atom. The van der Waals surface area contributed by atoms with E-state index >= 15 is 0 Å². The molecule has 0 bridgehead atoms. The first-order valence-corrected chi connectivity index (χ1v) is 10.1. The van der Waals surface area contributed by atoms with Crippen LogP contribution in [0.1, 0.15) is 36.9 Å². The minimum absolute atomic E-state index is 0.164. The molecule has 6 nitrogen and oxygen atoms in total. The predicted molar refractivity (Wildman–Crippen MR) is 114 cm³/mol. The number of halogens is 1. The van der Waals surface area contributed by atoms with Crippen LogP contribution in [0.4, 0.5) is 10.3 Å². The van der Waals surface area contributed by atoms with Crippen LogP contribution in [0.15, 0.2) is 64.1 Å². The number of hydrogen-bond acceptors (Lipinski definition) is 4. The van der Waals surface area contributed by atoms with Crippen LogP contribution in [0.5, 0.6) is 0 Å². The van der Waals surface area contributed by atoms with E-state index in [2.05, 4.69) is 10.1 Å². The van der Waals surface area contributed by atoms with Crippen molar-refractivity contribution in [2.75, 3.05) is 13.1 Å². The first kappa shape index (κ1) is 20.1. The van der Waals surface area contributed by atoms with E-state index in [4.69, 9.17) is 10.3 Å². The van der Waals surface area contributed by atoms with E-state index < -0.39 is 0 Å². The van der Waals surface area contributed by atoms with Crippen LogP contribution >= 0.6 is 0 Å². The van der Waals surface area contributed by atoms with Crippen LogP contribution in [0.3, 0.4) is 0 Å². The Morgan fingerprint density at radius 1 is 1.20 bits per heavy atom. The number of guanidine groups is 1. The van der Waals surface area contributed by atoms with Gasteiger partial charge in [0.15, 0.2) is 5.96 Å². The molecule has 1 unspecified atom stereocenters. The van der Waals surface area contributed by atoms with Gasteiger partial charge < -0.3 is 20.3 Å². The molecule has 156 valence electrons. The monoisotopic (exact) mass is 408 g/mol. The largest absolute Gasteiger partial charge is 0.393 e. The number of hydrogen-bond donors (Lipinski definition) is 2. The maximum Gasteiger partial charge on any atom is 0.253 e. The molecule has 1 aliphatic heterocycles. The van der Waals surface area contributed by atoms with Crippen molar-refractivity contribution in [2.24, 2.45) is 10.7 Å². The highest BCUT2D eigenvalue weighted by Gasteiger charge is 2.20. The van der Waals surface area contributed by atoms with Gasteiger partial charge in [-0.1, -0.05) is 54.5 Å². The number of piperidine rings is 1. The molecule has 0 aliphatic carbocycles. The van der Waals surface area contributed by atoms with Crippen LogP contribution in [-0.4, -0.2) is 40.3 Å². The average Bonchev–Trinajstić information content (AvgIpc) is 3.22. The topological polar surface area (TPSA) is 87.9 Å². The predicted octanol–water partition coefficient (Wildman–Crippen LogP) is 4.04. The molecule has 1 atom stereocenters. The minimum Gasteiger partial charge on any atom is -0.393 e. The molecule has 2 heterocycles. The van der Waals surface area contributed by atoms with E-state index in [1.54, 1.807) is 12.1 Å². The molecule has 1 saturated heterocycles. The summed E-state index contributed by atoms with van der Waals surface area (Å²) >= 11 is 0. The van der Waals surface area contributed by atoms with E-state index in [1.807, 2.05) is 48.2 Å². The zero-order chi connectivity index (χ0) is 21.1. The highest BCUT2D eigenvalue weighted by Crippen LogP contribution is 2.30. The molecule has 2 aromatic carbocycles. The Morgan fingerprint density at radius 2 is 1.93 bits per heavy atom. The molecule has 1 aromatic heterocycles. The van der Waals surface area contributed by atoms with Crippen molar-refractivity contribution in [3.05, 3.63) is 71.7 Å². The van der Waals surface area contributed by atoms with Crippen molar-refractivity contribution in [1.82, 2.24) is 10.1 Å². The fourth-order valence-electron chi connectivity index (χ4n) is 3.64. The van der Waals surface area contributed by atoms with E-state index in [-0.39, 0.29) is 17.8 Å². The lowest BCUT2D eigenvalue weighted by Crippen LogP contribution is -2.43. The van der Waals surface area contributed by atoms with Crippen molar-refractivity contribution in [2.45, 2.75) is 31.8 Å². The molecule has 1 fully saturated rings. The first-order chi connectivity index (χ1) is 14.5. The van der Waals surface area contributed by atoms with Crippen LogP contribution < -0.4 is 5.73 Å². The van der Waals surface area contributed by atoms with Gasteiger partial charge in [-0.3, -0.25) is 0 Å². The van der Waals surface area contributed by atoms with Crippen molar-refractivity contribution in [3.63, 3.8) is 0 Å². The summed E-state index contributed by atoms with van der Waals surface area (Å²) in [7, 11) is 0. The molecule has 3 N–H and O–H groups in total. The Balaban J connectivity index is 1.49. The lowest BCUT2D eigenvalue weighted by Gasteiger charge is -2.29. The number of aliphatic hydroxyl groups is 1. The number of nitrogens with two attached hydrogens (primary N) is 1. The van der Waals surface area contributed by atoms with E-state index in [0.717, 1.165) is 11.1 Å². The summed E-state index contributed by atoms with van der Waals surface area (Å²) in [6.45, 7) is 3.25. The second-order valence-electron chi connectivity index (χ2n) is 7.61. The molecule has 0 spiro atoms. The molecule has 0 radical (unpaired) electrons. The molecule has 3 aromatic rings. The molecular formula is C23H25FN4O2. The zero-order valence-electron chi connectivity index (χ0n) is 16.8. The van der Waals surface area contributed by atoms with Crippen molar-refractivity contribution in [3.8, 4) is 11.1 Å². The van der Waals surface area contributed by atoms with Crippen molar-refractivity contribution in [1.29, 1.82) is 0 Å². The van der Waals surface area contributed by atoms with Gasteiger partial charge in [0.1, 0.15) is 5.82 Å². The average molecular weight is 408 g/mol. The molecule has 30 heavy (non-hydrogen) atoms. The first-order valence-electron chi connectivity index (χ1n) is 10.1. The Labute approximate surface area is 174 Å². The van der Waals surface area contributed by atoms with Crippen LogP contribution in [0.2, 0.25) is 0 Å². The summed E-state index contributed by atoms with van der Waals surface area (Å²) in [5, 5.41) is 13.7. The summed E-state index contributed by atoms with van der Waals surface area (Å²) in [5.74, 6) is 0.213. The quantitative estimate of drug-likeness (QED) is 0.503. The summed E-state index contributed by atoms with van der Waals surface area (Å²) in [6.07, 6.45) is 1.05. The smallest absolute Gasteiger partial charge is 0.253 e. The van der Waals surface area contributed by atoms with Gasteiger partial charge in [0, 0.05) is 30.6 Å². The van der Waals surface area contributed by atoms with Crippen LogP contribution in [-0.2, 0) is 0 Å². The summed E-state index contributed by atoms with van der Waals surface area (Å²) < 4.78 is 20.0. The maximum atomic E-state index is 14.7. The van der Waals surface area contributed by atoms with Gasteiger partial charge in [0.25, 0.3) is 5.88 Å². The third-order valence-electron chi connectivity index (χ3n) is 5.55. The molecule has 0 saturated carbocycles. The third-order valence-corrected chi connectivity index (χ3v) is 5.55. The third kappa shape index (κ3) is 4.36. The zero-order valence-corrected chi connectivity index (χ0v) is 16.8. The van der Waals surface area contributed by atoms with Crippen molar-refractivity contribution >= 4 is 11.8 Å². The van der Waals surface area contributed by atoms with Gasteiger partial charge in [-0.15, -0.1) is 0 Å². The fraction of sp³-hybridized carbons (Fsp3) is 0.304. The number of nitrogens with zero attached hydrogens (tertiary/aromatic N) is 3. The molecule has 1 aliphatic rings. The molecule has 7 heteroatoms. The second kappa shape index (κ2) is 8.67. The summed E-state index contributed by atoms with van der Waals surface area (Å²) in [5.41, 5.74) is 8.93. The van der Waals surface area contributed by atoms with Gasteiger partial charge in [-0.25, -0.2) is 4.39 Å². The molecular weight excluding hydrogens is 383 g/mol. The van der Waals surface area contributed by atoms with Gasteiger partial charge >= 0.3 is 0 Å². The fourth-order valence-corrected chi connectivity index (χ4v) is 3.64. The highest BCUT2D eigenvalue weighted by atomic mass is 19.1. The maximum absolute atomic E-state index is 14.7. The molecule has 0 amide bonds. The number of rotatable bonds is 4. The lowest BCUT2D eigenvalue weighted by atomic mass is 9.95. The van der Waals surface area contributed by atoms with Crippen LogP contribution in [0, 0.1) is 5.82 Å². The lowest BCUT2D eigenvalue weighted by molar-refractivity contribution is 0.109. The Kier molecular flexibility index (Phi) is 5.81. The van der Waals surface area contributed by atoms with Gasteiger partial charge in [0.2, 0.25) is 0 Å². The van der Waals surface area contributed by atoms with E-state index in [1.165, 1.54) is 6.07 Å². The van der Waals surface area contributed by atoms with Crippen LogP contribution in [0.25, 0.3) is 11.1 Å². The number of aliphatic hydroxyl groups excluding tert-OH is 1. The summed E-state index contributed by atoms with van der Waals surface area (Å²) in [6, 6.07) is 16.4. The highest BCUT2D eigenvalue weighted by molar-refractivity contribution is 5.80. The normalized spacial score (nSPS) is 16.6.